The quantitative estimate of drug-likeness (QED) is 0.501. The minimum absolute atomic E-state index is 0.0569. The summed E-state index contributed by atoms with van der Waals surface area (Å²) >= 11 is 6.04. The van der Waals surface area contributed by atoms with Crippen LogP contribution in [0.3, 0.4) is 0 Å². The number of benzene rings is 2. The normalized spacial score (nSPS) is 14.6. The van der Waals surface area contributed by atoms with Crippen molar-refractivity contribution in [2.75, 3.05) is 6.54 Å². The molecule has 0 spiro atoms. The Bertz CT molecular complexity index is 1190. The van der Waals surface area contributed by atoms with Crippen LogP contribution < -0.4 is 5.56 Å². The van der Waals surface area contributed by atoms with Crippen molar-refractivity contribution in [3.05, 3.63) is 69.5 Å². The number of hydrogen-bond acceptors (Lipinski definition) is 3. The van der Waals surface area contributed by atoms with Gasteiger partial charge in [-0.05, 0) is 56.0 Å². The third-order valence-electron chi connectivity index (χ3n) is 5.70. The maximum absolute atomic E-state index is 13.8. The van der Waals surface area contributed by atoms with E-state index in [4.69, 9.17) is 16.6 Å². The van der Waals surface area contributed by atoms with E-state index in [0.29, 0.717) is 35.4 Å². The Hall–Kier alpha value is -2.73. The van der Waals surface area contributed by atoms with Crippen LogP contribution in [-0.2, 0) is 4.79 Å². The van der Waals surface area contributed by atoms with Crippen molar-refractivity contribution >= 4 is 28.4 Å². The van der Waals surface area contributed by atoms with Gasteiger partial charge in [-0.1, -0.05) is 37.6 Å². The first kappa shape index (κ1) is 21.5. The molecule has 0 bridgehead atoms. The monoisotopic (exact) mass is 441 g/mol. The van der Waals surface area contributed by atoms with E-state index in [-0.39, 0.29) is 28.4 Å². The van der Waals surface area contributed by atoms with Gasteiger partial charge in [0.05, 0.1) is 27.7 Å². The van der Waals surface area contributed by atoms with E-state index < -0.39 is 5.82 Å². The smallest absolute Gasteiger partial charge is 0.266 e. The van der Waals surface area contributed by atoms with Crippen LogP contribution in [0.15, 0.2) is 47.3 Å². The summed E-state index contributed by atoms with van der Waals surface area (Å²) in [6.07, 6.45) is 3.20. The molecule has 0 saturated heterocycles. The summed E-state index contributed by atoms with van der Waals surface area (Å²) in [5.74, 6) is 0.0786. The van der Waals surface area contributed by atoms with Crippen LogP contribution in [0.2, 0.25) is 5.02 Å². The summed E-state index contributed by atoms with van der Waals surface area (Å²) in [5, 5.41) is 0.383. The molecule has 4 rings (SSSR count). The number of hydrogen-bond donors (Lipinski definition) is 0. The van der Waals surface area contributed by atoms with Gasteiger partial charge in [-0.25, -0.2) is 9.37 Å². The van der Waals surface area contributed by atoms with E-state index >= 15 is 0 Å². The summed E-state index contributed by atoms with van der Waals surface area (Å²) in [6.45, 7) is 4.60. The van der Waals surface area contributed by atoms with Crippen molar-refractivity contribution in [3.8, 4) is 5.69 Å². The molecular formula is C24H25ClFN3O2. The van der Waals surface area contributed by atoms with Crippen LogP contribution >= 0.6 is 11.6 Å². The molecule has 31 heavy (non-hydrogen) atoms. The van der Waals surface area contributed by atoms with Crippen molar-refractivity contribution in [1.29, 1.82) is 0 Å². The minimum Gasteiger partial charge on any atom is -0.332 e. The van der Waals surface area contributed by atoms with E-state index in [1.54, 1.807) is 18.2 Å². The Morgan fingerprint density at radius 2 is 2.00 bits per heavy atom. The van der Waals surface area contributed by atoms with E-state index in [9.17, 15) is 14.0 Å². The highest BCUT2D eigenvalue weighted by Crippen LogP contribution is 2.35. The zero-order valence-corrected chi connectivity index (χ0v) is 18.4. The van der Waals surface area contributed by atoms with Crippen LogP contribution in [-0.4, -0.2) is 26.9 Å². The second-order valence-corrected chi connectivity index (χ2v) is 8.36. The van der Waals surface area contributed by atoms with Gasteiger partial charge in [-0.2, -0.15) is 0 Å². The summed E-state index contributed by atoms with van der Waals surface area (Å²) < 4.78 is 15.3. The SMILES string of the molecule is CCCN(C(=O)C1CC1)[C@@H](CC)c1nc2ccccc2c(=O)n1-c1ccc(F)c(Cl)c1. The molecule has 0 N–H and O–H groups in total. The zero-order chi connectivity index (χ0) is 22.1. The van der Waals surface area contributed by atoms with Gasteiger partial charge in [0.2, 0.25) is 5.91 Å². The van der Waals surface area contributed by atoms with Gasteiger partial charge in [0.25, 0.3) is 5.56 Å². The lowest BCUT2D eigenvalue weighted by Gasteiger charge is -2.32. The fourth-order valence-corrected chi connectivity index (χ4v) is 4.19. The third kappa shape index (κ3) is 4.09. The van der Waals surface area contributed by atoms with Gasteiger partial charge in [-0.3, -0.25) is 14.2 Å². The molecule has 1 fully saturated rings. The number of nitrogens with zero attached hydrogens (tertiary/aromatic N) is 3. The van der Waals surface area contributed by atoms with Crippen molar-refractivity contribution in [3.63, 3.8) is 0 Å². The number of aromatic nitrogens is 2. The van der Waals surface area contributed by atoms with Crippen molar-refractivity contribution < 1.29 is 9.18 Å². The van der Waals surface area contributed by atoms with Gasteiger partial charge in [0.15, 0.2) is 0 Å². The first-order valence-electron chi connectivity index (χ1n) is 10.7. The summed E-state index contributed by atoms with van der Waals surface area (Å²) in [5.41, 5.74) is 0.733. The number of rotatable bonds is 7. The molecule has 162 valence electrons. The first-order valence-corrected chi connectivity index (χ1v) is 11.1. The van der Waals surface area contributed by atoms with E-state index in [1.807, 2.05) is 24.8 Å². The lowest BCUT2D eigenvalue weighted by Crippen LogP contribution is -2.39. The van der Waals surface area contributed by atoms with E-state index in [1.165, 1.54) is 22.8 Å². The Labute approximate surface area is 185 Å². The largest absolute Gasteiger partial charge is 0.332 e. The molecule has 1 saturated carbocycles. The molecule has 1 amide bonds. The second kappa shape index (κ2) is 8.79. The fourth-order valence-electron chi connectivity index (χ4n) is 4.01. The Balaban J connectivity index is 1.97. The molecule has 1 heterocycles. The van der Waals surface area contributed by atoms with Crippen LogP contribution in [0.1, 0.15) is 51.4 Å². The van der Waals surface area contributed by atoms with Gasteiger partial charge < -0.3 is 4.90 Å². The standard InChI is InChI=1S/C24H25ClFN3O2/c1-3-13-28(23(30)15-9-10-15)21(4-2)22-27-20-8-6-5-7-17(20)24(31)29(22)16-11-12-19(26)18(25)14-16/h5-8,11-12,14-15,21H,3-4,9-10,13H2,1-2H3/t21-/m0/s1. The zero-order valence-electron chi connectivity index (χ0n) is 17.6. The maximum Gasteiger partial charge on any atom is 0.266 e. The van der Waals surface area contributed by atoms with E-state index in [2.05, 4.69) is 0 Å². The predicted molar refractivity (Wildman–Crippen MR) is 120 cm³/mol. The summed E-state index contributed by atoms with van der Waals surface area (Å²) in [4.78, 5) is 33.3. The molecule has 1 aliphatic carbocycles. The number of carbonyl (C=O) groups excluding carboxylic acids is 1. The van der Waals surface area contributed by atoms with Crippen LogP contribution in [0.4, 0.5) is 4.39 Å². The van der Waals surface area contributed by atoms with Crippen LogP contribution in [0.5, 0.6) is 0 Å². The van der Waals surface area contributed by atoms with Crippen molar-refractivity contribution in [2.24, 2.45) is 5.92 Å². The number of carbonyl (C=O) groups is 1. The van der Waals surface area contributed by atoms with Gasteiger partial charge in [0, 0.05) is 12.5 Å². The van der Waals surface area contributed by atoms with E-state index in [0.717, 1.165) is 19.3 Å². The van der Waals surface area contributed by atoms with Crippen molar-refractivity contribution in [2.45, 2.75) is 45.6 Å². The number of fused-ring (bicyclic) bond motifs is 1. The average molecular weight is 442 g/mol. The predicted octanol–water partition coefficient (Wildman–Crippen LogP) is 5.28. The lowest BCUT2D eigenvalue weighted by molar-refractivity contribution is -0.135. The van der Waals surface area contributed by atoms with Crippen LogP contribution in [0, 0.1) is 11.7 Å². The molecule has 0 unspecified atom stereocenters. The van der Waals surface area contributed by atoms with Gasteiger partial charge in [0.1, 0.15) is 11.6 Å². The molecular weight excluding hydrogens is 417 g/mol. The number of halogens is 2. The number of amides is 1. The Morgan fingerprint density at radius 1 is 1.26 bits per heavy atom. The molecule has 0 radical (unpaired) electrons. The number of para-hydroxylation sites is 1. The highest BCUT2D eigenvalue weighted by Gasteiger charge is 2.37. The van der Waals surface area contributed by atoms with Gasteiger partial charge in [-0.15, -0.1) is 0 Å². The Morgan fingerprint density at radius 3 is 2.65 bits per heavy atom. The first-order chi connectivity index (χ1) is 15.0. The molecule has 0 aliphatic heterocycles. The maximum atomic E-state index is 13.8. The average Bonchev–Trinajstić information content (AvgIpc) is 3.61. The minimum atomic E-state index is -0.558. The lowest BCUT2D eigenvalue weighted by atomic mass is 10.1. The molecule has 3 aromatic rings. The fraction of sp³-hybridized carbons (Fsp3) is 0.375. The molecule has 7 heteroatoms. The van der Waals surface area contributed by atoms with Crippen LogP contribution in [0.25, 0.3) is 16.6 Å². The molecule has 1 aliphatic rings. The third-order valence-corrected chi connectivity index (χ3v) is 5.99. The molecule has 5 nitrogen and oxygen atoms in total. The van der Waals surface area contributed by atoms with Crippen molar-refractivity contribution in [1.82, 2.24) is 14.5 Å². The highest BCUT2D eigenvalue weighted by atomic mass is 35.5. The van der Waals surface area contributed by atoms with Gasteiger partial charge >= 0.3 is 0 Å². The Kier molecular flexibility index (Phi) is 6.10. The second-order valence-electron chi connectivity index (χ2n) is 7.96. The highest BCUT2D eigenvalue weighted by molar-refractivity contribution is 6.30. The molecule has 2 aromatic carbocycles. The topological polar surface area (TPSA) is 55.2 Å². The summed E-state index contributed by atoms with van der Waals surface area (Å²) in [6, 6.07) is 10.9. The molecule has 1 aromatic heterocycles. The summed E-state index contributed by atoms with van der Waals surface area (Å²) in [7, 11) is 0. The molecule has 1 atom stereocenters.